The highest BCUT2D eigenvalue weighted by Crippen LogP contribution is 2.45. The molecule has 1 heterocycles. The molecule has 10 heteroatoms. The topological polar surface area (TPSA) is 136 Å². The van der Waals surface area contributed by atoms with E-state index in [9.17, 15) is 18.3 Å². The number of aliphatic carboxylic acids is 1. The molecule has 176 valence electrons. The Morgan fingerprint density at radius 1 is 1.09 bits per heavy atom. The van der Waals surface area contributed by atoms with Gasteiger partial charge in [-0.15, -0.1) is 0 Å². The average Bonchev–Trinajstić information content (AvgIpc) is 3.20. The minimum atomic E-state index is -3.91. The highest BCUT2D eigenvalue weighted by atomic mass is 32.2. The fraction of sp³-hybridized carbons (Fsp3) is 0.208. The third kappa shape index (κ3) is 4.32. The van der Waals surface area contributed by atoms with Crippen LogP contribution in [0.3, 0.4) is 0 Å². The number of phenols is 1. The van der Waals surface area contributed by atoms with Crippen LogP contribution in [0.2, 0.25) is 0 Å². The first-order valence-corrected chi connectivity index (χ1v) is 11.8. The Labute approximate surface area is 196 Å². The van der Waals surface area contributed by atoms with E-state index < -0.39 is 21.1 Å². The predicted octanol–water partition coefficient (Wildman–Crippen LogP) is 3.64. The average molecular weight is 483 g/mol. The predicted molar refractivity (Wildman–Crippen MR) is 123 cm³/mol. The Kier molecular flexibility index (Phi) is 6.25. The van der Waals surface area contributed by atoms with E-state index in [0.29, 0.717) is 27.8 Å². The molecule has 2 N–H and O–H groups in total. The molecule has 0 fully saturated rings. The molecule has 0 amide bonds. The van der Waals surface area contributed by atoms with Gasteiger partial charge in [0, 0.05) is 12.6 Å². The van der Waals surface area contributed by atoms with Crippen LogP contribution < -0.4 is 9.47 Å². The second-order valence-electron chi connectivity index (χ2n) is 7.63. The van der Waals surface area contributed by atoms with Crippen LogP contribution in [0.25, 0.3) is 16.7 Å². The molecule has 1 aliphatic rings. The summed E-state index contributed by atoms with van der Waals surface area (Å²) in [6.07, 6.45) is 3.05. The van der Waals surface area contributed by atoms with Crippen molar-refractivity contribution in [2.75, 3.05) is 14.2 Å². The van der Waals surface area contributed by atoms with Gasteiger partial charge in [-0.05, 0) is 52.9 Å². The lowest BCUT2D eigenvalue weighted by atomic mass is 10.0. The maximum atomic E-state index is 13.7. The number of fused-ring (bicyclic) bond motifs is 1. The summed E-state index contributed by atoms with van der Waals surface area (Å²) in [5.74, 6) is -0.775. The Bertz CT molecular complexity index is 1400. The highest BCUT2D eigenvalue weighted by molar-refractivity contribution is 7.91. The third-order valence-corrected chi connectivity index (χ3v) is 7.54. The van der Waals surface area contributed by atoms with Crippen LogP contribution in [0.4, 0.5) is 0 Å². The highest BCUT2D eigenvalue weighted by Gasteiger charge is 2.35. The number of rotatable bonds is 8. The van der Waals surface area contributed by atoms with Gasteiger partial charge < -0.3 is 19.7 Å². The molecule has 0 radical (unpaired) electrons. The second kappa shape index (κ2) is 9.14. The van der Waals surface area contributed by atoms with Crippen LogP contribution in [-0.2, 0) is 14.6 Å². The van der Waals surface area contributed by atoms with Gasteiger partial charge in [-0.25, -0.2) is 13.4 Å². The quantitative estimate of drug-likeness (QED) is 0.493. The van der Waals surface area contributed by atoms with E-state index in [0.717, 1.165) is 0 Å². The normalized spacial score (nSPS) is 14.9. The molecular weight excluding hydrogens is 460 g/mol. The van der Waals surface area contributed by atoms with Gasteiger partial charge in [-0.2, -0.15) is 4.98 Å². The van der Waals surface area contributed by atoms with Crippen molar-refractivity contribution in [2.24, 2.45) is 0 Å². The number of benzene rings is 2. The molecule has 1 aliphatic carbocycles. The largest absolute Gasteiger partial charge is 0.508 e. The first-order chi connectivity index (χ1) is 16.2. The number of ether oxygens (including phenoxy) is 2. The fourth-order valence-electron chi connectivity index (χ4n) is 3.94. The summed E-state index contributed by atoms with van der Waals surface area (Å²) in [6, 6.07) is 10.9. The van der Waals surface area contributed by atoms with E-state index in [1.54, 1.807) is 24.3 Å². The number of hydrogen-bond acceptors (Lipinski definition) is 8. The van der Waals surface area contributed by atoms with E-state index >= 15 is 0 Å². The molecule has 0 saturated carbocycles. The molecular formula is C24H22N2O7S. The lowest BCUT2D eigenvalue weighted by Gasteiger charge is -2.14. The zero-order valence-electron chi connectivity index (χ0n) is 18.4. The van der Waals surface area contributed by atoms with Gasteiger partial charge in [0.25, 0.3) is 0 Å². The van der Waals surface area contributed by atoms with Crippen molar-refractivity contribution in [1.82, 2.24) is 9.97 Å². The van der Waals surface area contributed by atoms with E-state index in [1.807, 2.05) is 0 Å². The second-order valence-corrected chi connectivity index (χ2v) is 9.70. The first-order valence-electron chi connectivity index (χ1n) is 10.3. The summed E-state index contributed by atoms with van der Waals surface area (Å²) < 4.78 is 37.7. The summed E-state index contributed by atoms with van der Waals surface area (Å²) in [5.41, 5.74) is 2.64. The summed E-state index contributed by atoms with van der Waals surface area (Å²) in [5, 5.41) is 18.0. The fourth-order valence-corrected chi connectivity index (χ4v) is 5.68. The van der Waals surface area contributed by atoms with Crippen molar-refractivity contribution < 1.29 is 32.9 Å². The minimum absolute atomic E-state index is 0.0216. The van der Waals surface area contributed by atoms with Crippen LogP contribution in [0.5, 0.6) is 17.6 Å². The molecule has 4 rings (SSSR count). The number of sulfone groups is 1. The Morgan fingerprint density at radius 2 is 1.88 bits per heavy atom. The van der Waals surface area contributed by atoms with Gasteiger partial charge in [-0.1, -0.05) is 24.3 Å². The van der Waals surface area contributed by atoms with Crippen LogP contribution in [0.15, 0.2) is 59.6 Å². The number of hydrogen-bond donors (Lipinski definition) is 2. The van der Waals surface area contributed by atoms with Gasteiger partial charge in [0.2, 0.25) is 5.88 Å². The molecule has 34 heavy (non-hydrogen) atoms. The molecule has 1 aromatic heterocycles. The van der Waals surface area contributed by atoms with E-state index in [-0.39, 0.29) is 35.4 Å². The van der Waals surface area contributed by atoms with E-state index in [4.69, 9.17) is 14.6 Å². The van der Waals surface area contributed by atoms with Crippen LogP contribution in [0.1, 0.15) is 29.2 Å². The van der Waals surface area contributed by atoms with Crippen LogP contribution in [0, 0.1) is 0 Å². The first kappa shape index (κ1) is 23.2. The van der Waals surface area contributed by atoms with Gasteiger partial charge in [0.15, 0.2) is 9.84 Å². The Hall–Kier alpha value is -3.92. The molecule has 1 unspecified atom stereocenters. The number of phenolic OH excluding ortho intramolecular Hbond substituents is 1. The number of allylic oxidation sites excluding steroid dienone is 1. The number of nitrogens with zero attached hydrogens (tertiary/aromatic N) is 2. The van der Waals surface area contributed by atoms with Crippen molar-refractivity contribution >= 4 is 21.4 Å². The van der Waals surface area contributed by atoms with Crippen LogP contribution in [-0.4, -0.2) is 48.8 Å². The van der Waals surface area contributed by atoms with Crippen molar-refractivity contribution in [1.29, 1.82) is 0 Å². The lowest BCUT2D eigenvalue weighted by Crippen LogP contribution is -2.10. The molecule has 0 spiro atoms. The van der Waals surface area contributed by atoms with Gasteiger partial charge in [-0.3, -0.25) is 4.79 Å². The molecule has 0 saturated heterocycles. The summed E-state index contributed by atoms with van der Waals surface area (Å²) in [6.45, 7) is 0. The Morgan fingerprint density at radius 3 is 2.59 bits per heavy atom. The van der Waals surface area contributed by atoms with Gasteiger partial charge in [0.05, 0.1) is 24.7 Å². The van der Waals surface area contributed by atoms with Gasteiger partial charge >= 0.3 is 12.0 Å². The van der Waals surface area contributed by atoms with E-state index in [2.05, 4.69) is 9.97 Å². The minimum Gasteiger partial charge on any atom is -0.508 e. The van der Waals surface area contributed by atoms with Gasteiger partial charge in [0.1, 0.15) is 11.0 Å². The summed E-state index contributed by atoms with van der Waals surface area (Å²) in [7, 11) is -1.04. The van der Waals surface area contributed by atoms with Crippen molar-refractivity contribution in [2.45, 2.75) is 23.0 Å². The molecule has 9 nitrogen and oxygen atoms in total. The number of carboxylic acid groups (broad SMARTS) is 1. The molecule has 2 aromatic carbocycles. The Balaban J connectivity index is 1.77. The maximum Gasteiger partial charge on any atom is 0.319 e. The molecule has 0 aliphatic heterocycles. The van der Waals surface area contributed by atoms with E-state index in [1.165, 1.54) is 44.7 Å². The molecule has 1 atom stereocenters. The zero-order chi connectivity index (χ0) is 24.5. The summed E-state index contributed by atoms with van der Waals surface area (Å²) >= 11 is 0. The zero-order valence-corrected chi connectivity index (χ0v) is 19.2. The van der Waals surface area contributed by atoms with Crippen molar-refractivity contribution in [3.63, 3.8) is 0 Å². The summed E-state index contributed by atoms with van der Waals surface area (Å²) in [4.78, 5) is 19.4. The SMILES string of the molecule is COc1ncc(-c2cccc(S(=O)(=O)C3C=C(CCC(=O)O)c4cc(O)ccc43)c2)c(OC)n1. The molecule has 3 aromatic rings. The molecule has 0 bridgehead atoms. The lowest BCUT2D eigenvalue weighted by molar-refractivity contribution is -0.136. The third-order valence-electron chi connectivity index (χ3n) is 5.57. The number of carbonyl (C=O) groups is 1. The number of methoxy groups -OCH3 is 2. The standard InChI is InChI=1S/C24H22N2O7S/c1-32-23-20(13-25-24(26-23)33-2)14-4-3-5-17(10-14)34(30,31)21-11-15(6-9-22(28)29)19-12-16(27)7-8-18(19)21/h3-5,7-8,10-13,21,27H,6,9H2,1-2H3,(H,28,29). The van der Waals surface area contributed by atoms with Crippen molar-refractivity contribution in [3.8, 4) is 28.8 Å². The number of carboxylic acids is 1. The smallest absolute Gasteiger partial charge is 0.319 e. The maximum absolute atomic E-state index is 13.7. The van der Waals surface area contributed by atoms with Crippen molar-refractivity contribution in [3.05, 3.63) is 65.9 Å². The monoisotopic (exact) mass is 482 g/mol. The van der Waals surface area contributed by atoms with Crippen LogP contribution >= 0.6 is 0 Å². The number of aromatic nitrogens is 2. The number of aromatic hydroxyl groups is 1.